The van der Waals surface area contributed by atoms with E-state index in [1.807, 2.05) is 6.92 Å². The average Bonchev–Trinajstić information content (AvgIpc) is 2.99. The fourth-order valence-corrected chi connectivity index (χ4v) is 5.21. The minimum atomic E-state index is -3.39. The number of halogens is 2. The Kier molecular flexibility index (Phi) is 3.91. The monoisotopic (exact) mass is 357 g/mol. The van der Waals surface area contributed by atoms with E-state index in [9.17, 15) is 8.42 Å². The Morgan fingerprint density at radius 3 is 2.65 bits per heavy atom. The minimum Gasteiger partial charge on any atom is -0.210 e. The Bertz CT molecular complexity index is 503. The van der Waals surface area contributed by atoms with E-state index in [-0.39, 0.29) is 5.41 Å². The third-order valence-corrected chi connectivity index (χ3v) is 7.56. The molecule has 2 rings (SSSR count). The van der Waals surface area contributed by atoms with Crippen molar-refractivity contribution in [2.75, 3.05) is 12.4 Å². The SMILES string of the molecule is Cc1cc(S(=O)(=O)NCC2(CCl)CC2)sc1Br. The Labute approximate surface area is 119 Å². The number of hydrogen-bond donors (Lipinski definition) is 1. The van der Waals surface area contributed by atoms with Crippen LogP contribution in [0.15, 0.2) is 14.1 Å². The number of nitrogens with one attached hydrogen (secondary N) is 1. The fourth-order valence-electron chi connectivity index (χ4n) is 1.42. The minimum absolute atomic E-state index is 0.00182. The molecule has 1 aliphatic rings. The first-order valence-corrected chi connectivity index (χ1v) is 8.83. The first-order chi connectivity index (χ1) is 7.88. The molecule has 1 fully saturated rings. The number of sulfonamides is 1. The number of aryl methyl sites for hydroxylation is 1. The highest BCUT2D eigenvalue weighted by Crippen LogP contribution is 2.46. The Morgan fingerprint density at radius 2 is 2.24 bits per heavy atom. The first kappa shape index (κ1) is 13.8. The molecule has 96 valence electrons. The molecular weight excluding hydrogens is 346 g/mol. The first-order valence-electron chi connectivity index (χ1n) is 5.20. The molecule has 0 spiro atoms. The molecule has 0 radical (unpaired) electrons. The molecule has 0 atom stereocenters. The molecule has 17 heavy (non-hydrogen) atoms. The van der Waals surface area contributed by atoms with Crippen molar-refractivity contribution in [3.05, 3.63) is 15.4 Å². The van der Waals surface area contributed by atoms with Crippen LogP contribution in [0.5, 0.6) is 0 Å². The molecule has 0 unspecified atom stereocenters. The van der Waals surface area contributed by atoms with Crippen LogP contribution >= 0.6 is 38.9 Å². The van der Waals surface area contributed by atoms with Gasteiger partial charge in [0.2, 0.25) is 10.0 Å². The summed E-state index contributed by atoms with van der Waals surface area (Å²) in [7, 11) is -3.39. The largest absolute Gasteiger partial charge is 0.250 e. The lowest BCUT2D eigenvalue weighted by atomic mass is 10.1. The normalized spacial score (nSPS) is 18.3. The zero-order valence-corrected chi connectivity index (χ0v) is 13.3. The second-order valence-electron chi connectivity index (χ2n) is 4.48. The van der Waals surface area contributed by atoms with E-state index in [1.54, 1.807) is 6.07 Å². The lowest BCUT2D eigenvalue weighted by Gasteiger charge is -2.11. The van der Waals surface area contributed by atoms with Gasteiger partial charge in [-0.05, 0) is 52.7 Å². The molecule has 1 aromatic rings. The van der Waals surface area contributed by atoms with Crippen molar-refractivity contribution in [2.24, 2.45) is 5.41 Å². The predicted octanol–water partition coefficient (Wildman–Crippen LogP) is 3.12. The van der Waals surface area contributed by atoms with E-state index in [0.29, 0.717) is 16.6 Å². The quantitative estimate of drug-likeness (QED) is 0.822. The van der Waals surface area contributed by atoms with E-state index in [0.717, 1.165) is 22.2 Å². The number of thiophene rings is 1. The third-order valence-electron chi connectivity index (χ3n) is 2.98. The van der Waals surface area contributed by atoms with Crippen LogP contribution in [-0.2, 0) is 10.0 Å². The second-order valence-corrected chi connectivity index (χ2v) is 9.11. The van der Waals surface area contributed by atoms with Crippen LogP contribution in [0.1, 0.15) is 18.4 Å². The van der Waals surface area contributed by atoms with E-state index < -0.39 is 10.0 Å². The third kappa shape index (κ3) is 3.04. The lowest BCUT2D eigenvalue weighted by Crippen LogP contribution is -2.30. The van der Waals surface area contributed by atoms with Gasteiger partial charge in [-0.25, -0.2) is 13.1 Å². The predicted molar refractivity (Wildman–Crippen MR) is 74.3 cm³/mol. The zero-order valence-electron chi connectivity index (χ0n) is 9.29. The van der Waals surface area contributed by atoms with Crippen LogP contribution < -0.4 is 4.72 Å². The van der Waals surface area contributed by atoms with Gasteiger partial charge >= 0.3 is 0 Å². The van der Waals surface area contributed by atoms with Gasteiger partial charge in [-0.1, -0.05) is 0 Å². The van der Waals surface area contributed by atoms with Gasteiger partial charge in [0.15, 0.2) is 0 Å². The van der Waals surface area contributed by atoms with Crippen LogP contribution in [0, 0.1) is 12.3 Å². The van der Waals surface area contributed by atoms with Gasteiger partial charge < -0.3 is 0 Å². The van der Waals surface area contributed by atoms with Gasteiger partial charge in [0.25, 0.3) is 0 Å². The maximum atomic E-state index is 12.0. The van der Waals surface area contributed by atoms with E-state index in [4.69, 9.17) is 11.6 Å². The van der Waals surface area contributed by atoms with Crippen molar-refractivity contribution < 1.29 is 8.42 Å². The number of hydrogen-bond acceptors (Lipinski definition) is 3. The molecule has 1 aliphatic carbocycles. The molecule has 0 saturated heterocycles. The van der Waals surface area contributed by atoms with Crippen molar-refractivity contribution in [3.63, 3.8) is 0 Å². The highest BCUT2D eigenvalue weighted by molar-refractivity contribution is 9.11. The smallest absolute Gasteiger partial charge is 0.210 e. The molecule has 7 heteroatoms. The van der Waals surface area contributed by atoms with Crippen LogP contribution in [-0.4, -0.2) is 20.8 Å². The molecular formula is C10H13BrClNO2S2. The topological polar surface area (TPSA) is 46.2 Å². The summed E-state index contributed by atoms with van der Waals surface area (Å²) >= 11 is 10.4. The molecule has 1 N–H and O–H groups in total. The van der Waals surface area contributed by atoms with Crippen molar-refractivity contribution in [3.8, 4) is 0 Å². The van der Waals surface area contributed by atoms with Gasteiger partial charge in [-0.2, -0.15) is 0 Å². The number of rotatable bonds is 5. The van der Waals surface area contributed by atoms with E-state index in [1.165, 1.54) is 11.3 Å². The maximum absolute atomic E-state index is 12.0. The summed E-state index contributed by atoms with van der Waals surface area (Å²) in [6.07, 6.45) is 2.01. The van der Waals surface area contributed by atoms with Gasteiger partial charge in [0.1, 0.15) is 4.21 Å². The van der Waals surface area contributed by atoms with Gasteiger partial charge in [0.05, 0.1) is 3.79 Å². The van der Waals surface area contributed by atoms with Crippen LogP contribution in [0.25, 0.3) is 0 Å². The Morgan fingerprint density at radius 1 is 1.59 bits per heavy atom. The summed E-state index contributed by atoms with van der Waals surface area (Å²) in [6, 6.07) is 1.68. The molecule has 3 nitrogen and oxygen atoms in total. The average molecular weight is 359 g/mol. The summed E-state index contributed by atoms with van der Waals surface area (Å²) in [5, 5.41) is 0. The van der Waals surface area contributed by atoms with Crippen LogP contribution in [0.2, 0.25) is 0 Å². The second kappa shape index (κ2) is 4.81. The Balaban J connectivity index is 2.09. The van der Waals surface area contributed by atoms with Gasteiger partial charge in [-0.15, -0.1) is 22.9 Å². The van der Waals surface area contributed by atoms with Gasteiger partial charge in [0, 0.05) is 12.4 Å². The molecule has 1 heterocycles. The van der Waals surface area contributed by atoms with Crippen LogP contribution in [0.4, 0.5) is 0 Å². The van der Waals surface area contributed by atoms with Crippen molar-refractivity contribution >= 4 is 48.9 Å². The molecule has 0 aliphatic heterocycles. The highest BCUT2D eigenvalue weighted by atomic mass is 79.9. The molecule has 0 bridgehead atoms. The van der Waals surface area contributed by atoms with Crippen molar-refractivity contribution in [2.45, 2.75) is 24.0 Å². The number of alkyl halides is 1. The molecule has 0 aromatic carbocycles. The summed E-state index contributed by atoms with van der Waals surface area (Å²) in [5.41, 5.74) is 0.937. The summed E-state index contributed by atoms with van der Waals surface area (Å²) in [6.45, 7) is 2.31. The van der Waals surface area contributed by atoms with Crippen molar-refractivity contribution in [1.29, 1.82) is 0 Å². The molecule has 1 aromatic heterocycles. The van der Waals surface area contributed by atoms with Gasteiger partial charge in [-0.3, -0.25) is 0 Å². The summed E-state index contributed by atoms with van der Waals surface area (Å²) in [4.78, 5) is 0. The zero-order chi connectivity index (χ0) is 12.7. The summed E-state index contributed by atoms with van der Waals surface area (Å²) < 4.78 is 27.9. The lowest BCUT2D eigenvalue weighted by molar-refractivity contribution is 0.536. The fraction of sp³-hybridized carbons (Fsp3) is 0.600. The highest BCUT2D eigenvalue weighted by Gasteiger charge is 2.42. The van der Waals surface area contributed by atoms with Crippen molar-refractivity contribution in [1.82, 2.24) is 4.72 Å². The van der Waals surface area contributed by atoms with Crippen LogP contribution in [0.3, 0.4) is 0 Å². The standard InChI is InChI=1S/C10H13BrClNO2S2/c1-7-4-8(16-9(7)11)17(14,15)13-6-10(5-12)2-3-10/h4,13H,2-3,5-6H2,1H3. The summed E-state index contributed by atoms with van der Waals surface area (Å²) in [5.74, 6) is 0.517. The molecule has 1 saturated carbocycles. The van der Waals surface area contributed by atoms with E-state index in [2.05, 4.69) is 20.7 Å². The molecule has 0 amide bonds. The Hall–Kier alpha value is 0.380. The van der Waals surface area contributed by atoms with E-state index >= 15 is 0 Å². The maximum Gasteiger partial charge on any atom is 0.250 e.